The van der Waals surface area contributed by atoms with Gasteiger partial charge in [0.25, 0.3) is 0 Å². The van der Waals surface area contributed by atoms with Gasteiger partial charge in [0, 0.05) is 13.1 Å². The van der Waals surface area contributed by atoms with Crippen molar-refractivity contribution >= 4 is 0 Å². The lowest BCUT2D eigenvalue weighted by molar-refractivity contribution is 0.295. The minimum atomic E-state index is 0.543. The SMILES string of the molecule is CC1=C(O)CN(Cc2ccccc2)C1. The highest BCUT2D eigenvalue weighted by molar-refractivity contribution is 5.18. The lowest BCUT2D eigenvalue weighted by Gasteiger charge is -2.14. The minimum Gasteiger partial charge on any atom is -0.511 e. The molecule has 0 saturated carbocycles. The van der Waals surface area contributed by atoms with E-state index in [4.69, 9.17) is 0 Å². The van der Waals surface area contributed by atoms with E-state index >= 15 is 0 Å². The first-order chi connectivity index (χ1) is 6.75. The molecule has 1 N–H and O–H groups in total. The molecule has 0 aliphatic carbocycles. The molecule has 0 radical (unpaired) electrons. The van der Waals surface area contributed by atoms with Gasteiger partial charge < -0.3 is 5.11 Å². The van der Waals surface area contributed by atoms with Crippen LogP contribution in [0.5, 0.6) is 0 Å². The van der Waals surface area contributed by atoms with E-state index in [1.165, 1.54) is 5.56 Å². The van der Waals surface area contributed by atoms with Crippen molar-refractivity contribution in [1.82, 2.24) is 4.90 Å². The van der Waals surface area contributed by atoms with Gasteiger partial charge in [-0.3, -0.25) is 4.90 Å². The summed E-state index contributed by atoms with van der Waals surface area (Å²) in [4.78, 5) is 2.24. The average Bonchev–Trinajstić information content (AvgIpc) is 2.47. The van der Waals surface area contributed by atoms with Crippen molar-refractivity contribution in [2.45, 2.75) is 13.5 Å². The molecule has 1 aliphatic rings. The van der Waals surface area contributed by atoms with E-state index < -0.39 is 0 Å². The first-order valence-electron chi connectivity index (χ1n) is 4.89. The molecule has 0 aromatic heterocycles. The van der Waals surface area contributed by atoms with Gasteiger partial charge in [0.1, 0.15) is 5.76 Å². The van der Waals surface area contributed by atoms with E-state index in [0.717, 1.165) is 18.7 Å². The van der Waals surface area contributed by atoms with Crippen molar-refractivity contribution in [1.29, 1.82) is 0 Å². The van der Waals surface area contributed by atoms with Crippen LogP contribution in [0.25, 0.3) is 0 Å². The molecular formula is C12H15NO. The monoisotopic (exact) mass is 189 g/mol. The summed E-state index contributed by atoms with van der Waals surface area (Å²) in [6, 6.07) is 10.3. The second-order valence-electron chi connectivity index (χ2n) is 3.86. The third kappa shape index (κ3) is 1.96. The standard InChI is InChI=1S/C12H15NO/c1-10-7-13(9-12(10)14)8-11-5-3-2-4-6-11/h2-6,14H,7-9H2,1H3. The zero-order valence-electron chi connectivity index (χ0n) is 8.40. The maximum atomic E-state index is 9.48. The molecule has 0 unspecified atom stereocenters. The number of hydrogen-bond donors (Lipinski definition) is 1. The number of hydrogen-bond acceptors (Lipinski definition) is 2. The summed E-state index contributed by atoms with van der Waals surface area (Å²) >= 11 is 0. The maximum absolute atomic E-state index is 9.48. The van der Waals surface area contributed by atoms with Gasteiger partial charge in [0.05, 0.1) is 6.54 Å². The molecule has 1 heterocycles. The Balaban J connectivity index is 1.96. The fourth-order valence-electron chi connectivity index (χ4n) is 1.78. The van der Waals surface area contributed by atoms with Crippen molar-refractivity contribution in [2.75, 3.05) is 13.1 Å². The van der Waals surface area contributed by atoms with Crippen LogP contribution >= 0.6 is 0 Å². The van der Waals surface area contributed by atoms with Crippen LogP contribution in [0.1, 0.15) is 12.5 Å². The molecule has 2 nitrogen and oxygen atoms in total. The van der Waals surface area contributed by atoms with E-state index in [9.17, 15) is 5.11 Å². The van der Waals surface area contributed by atoms with E-state index in [1.54, 1.807) is 0 Å². The van der Waals surface area contributed by atoms with E-state index in [2.05, 4.69) is 17.0 Å². The second-order valence-corrected chi connectivity index (χ2v) is 3.86. The summed E-state index contributed by atoms with van der Waals surface area (Å²) in [5.41, 5.74) is 2.40. The molecule has 0 amide bonds. The van der Waals surface area contributed by atoms with Crippen molar-refractivity contribution in [3.63, 3.8) is 0 Å². The number of benzene rings is 1. The predicted molar refractivity (Wildman–Crippen MR) is 57.0 cm³/mol. The first kappa shape index (κ1) is 9.28. The molecule has 2 rings (SSSR count). The van der Waals surface area contributed by atoms with E-state index in [0.29, 0.717) is 12.3 Å². The molecule has 0 bridgehead atoms. The highest BCUT2D eigenvalue weighted by Gasteiger charge is 2.17. The molecule has 74 valence electrons. The summed E-state index contributed by atoms with van der Waals surface area (Å²) in [6.07, 6.45) is 0. The molecule has 1 aliphatic heterocycles. The highest BCUT2D eigenvalue weighted by atomic mass is 16.3. The van der Waals surface area contributed by atoms with Crippen LogP contribution in [0.15, 0.2) is 41.7 Å². The fourth-order valence-corrected chi connectivity index (χ4v) is 1.78. The fraction of sp³-hybridized carbons (Fsp3) is 0.333. The smallest absolute Gasteiger partial charge is 0.106 e. The Labute approximate surface area is 84.5 Å². The summed E-state index contributed by atoms with van der Waals surface area (Å²) in [7, 11) is 0. The van der Waals surface area contributed by atoms with Gasteiger partial charge in [-0.2, -0.15) is 0 Å². The Hall–Kier alpha value is -1.28. The number of aliphatic hydroxyl groups is 1. The van der Waals surface area contributed by atoms with Crippen molar-refractivity contribution < 1.29 is 5.11 Å². The van der Waals surface area contributed by atoms with E-state index in [1.807, 2.05) is 25.1 Å². The minimum absolute atomic E-state index is 0.543. The van der Waals surface area contributed by atoms with Crippen LogP contribution in [0.2, 0.25) is 0 Å². The number of rotatable bonds is 2. The molecule has 0 fully saturated rings. The van der Waals surface area contributed by atoms with Crippen LogP contribution < -0.4 is 0 Å². The van der Waals surface area contributed by atoms with Crippen LogP contribution in [-0.2, 0) is 6.54 Å². The highest BCUT2D eigenvalue weighted by Crippen LogP contribution is 2.16. The topological polar surface area (TPSA) is 23.5 Å². The molecule has 0 atom stereocenters. The lowest BCUT2D eigenvalue weighted by atomic mass is 10.2. The molecule has 14 heavy (non-hydrogen) atoms. The molecular weight excluding hydrogens is 174 g/mol. The lowest BCUT2D eigenvalue weighted by Crippen LogP contribution is -2.20. The Morgan fingerprint density at radius 2 is 1.93 bits per heavy atom. The van der Waals surface area contributed by atoms with Crippen LogP contribution in [-0.4, -0.2) is 23.1 Å². The third-order valence-electron chi connectivity index (χ3n) is 2.58. The molecule has 0 saturated heterocycles. The molecule has 0 spiro atoms. The van der Waals surface area contributed by atoms with E-state index in [-0.39, 0.29) is 0 Å². The Morgan fingerprint density at radius 1 is 1.21 bits per heavy atom. The van der Waals surface area contributed by atoms with Gasteiger partial charge in [0.15, 0.2) is 0 Å². The number of aliphatic hydroxyl groups excluding tert-OH is 1. The predicted octanol–water partition coefficient (Wildman–Crippen LogP) is 2.33. The van der Waals surface area contributed by atoms with Gasteiger partial charge in [-0.15, -0.1) is 0 Å². The van der Waals surface area contributed by atoms with Crippen LogP contribution in [0.3, 0.4) is 0 Å². The van der Waals surface area contributed by atoms with Crippen LogP contribution in [0, 0.1) is 0 Å². The summed E-state index contributed by atoms with van der Waals surface area (Å²) < 4.78 is 0. The molecule has 1 aromatic rings. The average molecular weight is 189 g/mol. The zero-order chi connectivity index (χ0) is 9.97. The molecule has 1 aromatic carbocycles. The quantitative estimate of drug-likeness (QED) is 0.771. The zero-order valence-corrected chi connectivity index (χ0v) is 8.40. The summed E-state index contributed by atoms with van der Waals surface area (Å²) in [5, 5.41) is 9.48. The van der Waals surface area contributed by atoms with Gasteiger partial charge in [-0.1, -0.05) is 30.3 Å². The van der Waals surface area contributed by atoms with Crippen molar-refractivity contribution in [3.05, 3.63) is 47.2 Å². The Morgan fingerprint density at radius 3 is 2.50 bits per heavy atom. The summed E-state index contributed by atoms with van der Waals surface area (Å²) in [6.45, 7) is 4.49. The Kier molecular flexibility index (Phi) is 2.55. The third-order valence-corrected chi connectivity index (χ3v) is 2.58. The van der Waals surface area contributed by atoms with Crippen LogP contribution in [0.4, 0.5) is 0 Å². The first-order valence-corrected chi connectivity index (χ1v) is 4.89. The maximum Gasteiger partial charge on any atom is 0.106 e. The molecule has 2 heteroatoms. The van der Waals surface area contributed by atoms with Gasteiger partial charge in [0.2, 0.25) is 0 Å². The van der Waals surface area contributed by atoms with Gasteiger partial charge >= 0.3 is 0 Å². The summed E-state index contributed by atoms with van der Waals surface area (Å²) in [5.74, 6) is 0.543. The largest absolute Gasteiger partial charge is 0.511 e. The van der Waals surface area contributed by atoms with Crippen molar-refractivity contribution in [3.8, 4) is 0 Å². The Bertz CT molecular complexity index is 329. The normalized spacial score (nSPS) is 17.8. The second kappa shape index (κ2) is 3.84. The number of nitrogens with zero attached hydrogens (tertiary/aromatic N) is 1. The van der Waals surface area contributed by atoms with Gasteiger partial charge in [-0.25, -0.2) is 0 Å². The van der Waals surface area contributed by atoms with Gasteiger partial charge in [-0.05, 0) is 18.1 Å². The van der Waals surface area contributed by atoms with Crippen molar-refractivity contribution in [2.24, 2.45) is 0 Å².